The number of benzene rings is 1. The predicted molar refractivity (Wildman–Crippen MR) is 67.2 cm³/mol. The molecule has 3 N–H and O–H groups in total. The highest BCUT2D eigenvalue weighted by atomic mass is 16.5. The number of nitrogen functional groups attached to an aromatic ring is 1. The van der Waals surface area contributed by atoms with Crippen molar-refractivity contribution in [3.8, 4) is 5.75 Å². The van der Waals surface area contributed by atoms with Crippen LogP contribution in [-0.2, 0) is 4.79 Å². The summed E-state index contributed by atoms with van der Waals surface area (Å²) in [5.41, 5.74) is 7.47. The lowest BCUT2D eigenvalue weighted by atomic mass is 10.2. The molecule has 0 saturated heterocycles. The number of carboxylic acid groups (broad SMARTS) is 1. The number of anilines is 1. The molecule has 94 valence electrons. The van der Waals surface area contributed by atoms with Crippen LogP contribution in [-0.4, -0.2) is 17.7 Å². The van der Waals surface area contributed by atoms with E-state index in [1.807, 2.05) is 25.1 Å². The van der Waals surface area contributed by atoms with E-state index in [4.69, 9.17) is 15.6 Å². The van der Waals surface area contributed by atoms with E-state index in [1.54, 1.807) is 0 Å². The molecule has 17 heavy (non-hydrogen) atoms. The molecule has 0 radical (unpaired) electrons. The zero-order valence-electron chi connectivity index (χ0n) is 10.1. The van der Waals surface area contributed by atoms with Crippen molar-refractivity contribution in [1.29, 1.82) is 0 Å². The number of aliphatic carboxylic acids is 1. The van der Waals surface area contributed by atoms with Crippen LogP contribution in [0.4, 0.5) is 5.69 Å². The number of unbranched alkanes of at least 4 members (excludes halogenated alkanes) is 2. The van der Waals surface area contributed by atoms with Crippen LogP contribution >= 0.6 is 0 Å². The third-order valence-electron chi connectivity index (χ3n) is 2.52. The van der Waals surface area contributed by atoms with Gasteiger partial charge < -0.3 is 15.6 Å². The van der Waals surface area contributed by atoms with Crippen LogP contribution in [0.25, 0.3) is 0 Å². The van der Waals surface area contributed by atoms with Crippen molar-refractivity contribution >= 4 is 11.7 Å². The van der Waals surface area contributed by atoms with Gasteiger partial charge in [0.1, 0.15) is 5.75 Å². The molecule has 0 amide bonds. The molecule has 0 spiro atoms. The Labute approximate surface area is 101 Å². The van der Waals surface area contributed by atoms with E-state index in [0.29, 0.717) is 18.7 Å². The number of nitrogens with two attached hydrogens (primary N) is 1. The fraction of sp³-hybridized carbons (Fsp3) is 0.462. The summed E-state index contributed by atoms with van der Waals surface area (Å²) >= 11 is 0. The van der Waals surface area contributed by atoms with Gasteiger partial charge in [0.15, 0.2) is 0 Å². The van der Waals surface area contributed by atoms with Gasteiger partial charge in [0.05, 0.1) is 12.3 Å². The molecule has 1 aromatic carbocycles. The second-order valence-electron chi connectivity index (χ2n) is 4.05. The molecule has 0 aromatic heterocycles. The molecule has 0 saturated carbocycles. The second-order valence-corrected chi connectivity index (χ2v) is 4.05. The van der Waals surface area contributed by atoms with E-state index >= 15 is 0 Å². The van der Waals surface area contributed by atoms with Gasteiger partial charge in [-0.3, -0.25) is 4.79 Å². The van der Waals surface area contributed by atoms with Crippen LogP contribution in [0.1, 0.15) is 31.2 Å². The van der Waals surface area contributed by atoms with Gasteiger partial charge in [-0.25, -0.2) is 0 Å². The molecule has 0 aliphatic heterocycles. The second kappa shape index (κ2) is 6.78. The molecular formula is C13H19NO3. The summed E-state index contributed by atoms with van der Waals surface area (Å²) in [5.74, 6) is -0.000184. The maximum Gasteiger partial charge on any atom is 0.303 e. The van der Waals surface area contributed by atoms with Gasteiger partial charge in [-0.2, -0.15) is 0 Å². The van der Waals surface area contributed by atoms with Gasteiger partial charge in [0, 0.05) is 6.42 Å². The summed E-state index contributed by atoms with van der Waals surface area (Å²) in [4.78, 5) is 10.3. The zero-order chi connectivity index (χ0) is 12.7. The minimum atomic E-state index is -0.742. The largest absolute Gasteiger partial charge is 0.491 e. The van der Waals surface area contributed by atoms with Gasteiger partial charge in [0.25, 0.3) is 0 Å². The third-order valence-corrected chi connectivity index (χ3v) is 2.52. The number of para-hydroxylation sites is 1. The standard InChI is InChI=1S/C13H19NO3/c1-10-6-5-7-11(14)13(10)17-9-4-2-3-8-12(15)16/h5-7H,2-4,8-9,14H2,1H3,(H,15,16). The first-order chi connectivity index (χ1) is 8.11. The number of ether oxygens (including phenoxy) is 1. The maximum atomic E-state index is 10.3. The normalized spacial score (nSPS) is 10.2. The molecule has 0 heterocycles. The Hall–Kier alpha value is -1.71. The van der Waals surface area contributed by atoms with Gasteiger partial charge in [0.2, 0.25) is 0 Å². The van der Waals surface area contributed by atoms with Gasteiger partial charge >= 0.3 is 5.97 Å². The van der Waals surface area contributed by atoms with Crippen molar-refractivity contribution in [3.63, 3.8) is 0 Å². The minimum absolute atomic E-state index is 0.229. The lowest BCUT2D eigenvalue weighted by Crippen LogP contribution is -2.02. The first kappa shape index (κ1) is 13.4. The van der Waals surface area contributed by atoms with E-state index in [0.717, 1.165) is 24.2 Å². The fourth-order valence-corrected chi connectivity index (χ4v) is 1.60. The lowest BCUT2D eigenvalue weighted by Gasteiger charge is -2.11. The molecule has 0 unspecified atom stereocenters. The number of hydrogen-bond acceptors (Lipinski definition) is 3. The molecule has 4 heteroatoms. The predicted octanol–water partition coefficient (Wildman–Crippen LogP) is 2.60. The summed E-state index contributed by atoms with van der Waals surface area (Å²) in [7, 11) is 0. The first-order valence-corrected chi connectivity index (χ1v) is 5.81. The van der Waals surface area contributed by atoms with Gasteiger partial charge in [-0.1, -0.05) is 12.1 Å². The molecule has 0 aliphatic carbocycles. The van der Waals surface area contributed by atoms with Crippen LogP contribution in [0.3, 0.4) is 0 Å². The summed E-state index contributed by atoms with van der Waals surface area (Å²) in [6.45, 7) is 2.53. The SMILES string of the molecule is Cc1cccc(N)c1OCCCCCC(=O)O. The van der Waals surface area contributed by atoms with E-state index in [9.17, 15) is 4.79 Å². The Balaban J connectivity index is 2.24. The Morgan fingerprint density at radius 1 is 1.35 bits per heavy atom. The third kappa shape index (κ3) is 4.76. The Morgan fingerprint density at radius 3 is 2.76 bits per heavy atom. The summed E-state index contributed by atoms with van der Waals surface area (Å²) in [5, 5.41) is 8.47. The highest BCUT2D eigenvalue weighted by Gasteiger charge is 2.03. The monoisotopic (exact) mass is 237 g/mol. The van der Waals surface area contributed by atoms with Gasteiger partial charge in [-0.15, -0.1) is 0 Å². The molecule has 1 rings (SSSR count). The topological polar surface area (TPSA) is 72.5 Å². The molecule has 4 nitrogen and oxygen atoms in total. The number of aryl methyl sites for hydroxylation is 1. The number of rotatable bonds is 7. The van der Waals surface area contributed by atoms with E-state index < -0.39 is 5.97 Å². The molecule has 0 fully saturated rings. The summed E-state index contributed by atoms with van der Waals surface area (Å²) < 4.78 is 5.60. The Morgan fingerprint density at radius 2 is 2.12 bits per heavy atom. The van der Waals surface area contributed by atoms with Gasteiger partial charge in [-0.05, 0) is 37.8 Å². The Kier molecular flexibility index (Phi) is 5.33. The van der Waals surface area contributed by atoms with Crippen molar-refractivity contribution in [2.45, 2.75) is 32.6 Å². The van der Waals surface area contributed by atoms with Crippen LogP contribution < -0.4 is 10.5 Å². The summed E-state index contributed by atoms with van der Waals surface area (Å²) in [6.07, 6.45) is 2.63. The molecule has 0 bridgehead atoms. The quantitative estimate of drug-likeness (QED) is 0.564. The smallest absolute Gasteiger partial charge is 0.303 e. The molecular weight excluding hydrogens is 218 g/mol. The highest BCUT2D eigenvalue weighted by molar-refractivity contribution is 5.66. The van der Waals surface area contributed by atoms with E-state index in [2.05, 4.69) is 0 Å². The zero-order valence-corrected chi connectivity index (χ0v) is 10.1. The van der Waals surface area contributed by atoms with Crippen molar-refractivity contribution in [1.82, 2.24) is 0 Å². The maximum absolute atomic E-state index is 10.3. The van der Waals surface area contributed by atoms with Crippen molar-refractivity contribution in [2.75, 3.05) is 12.3 Å². The van der Waals surface area contributed by atoms with E-state index in [1.165, 1.54) is 0 Å². The van der Waals surface area contributed by atoms with Crippen molar-refractivity contribution in [3.05, 3.63) is 23.8 Å². The minimum Gasteiger partial charge on any atom is -0.491 e. The number of hydrogen-bond donors (Lipinski definition) is 2. The average molecular weight is 237 g/mol. The summed E-state index contributed by atoms with van der Waals surface area (Å²) in [6, 6.07) is 5.66. The molecule has 0 atom stereocenters. The van der Waals surface area contributed by atoms with Crippen LogP contribution in [0.5, 0.6) is 5.75 Å². The van der Waals surface area contributed by atoms with Crippen molar-refractivity contribution < 1.29 is 14.6 Å². The Bertz CT molecular complexity index is 357. The lowest BCUT2D eigenvalue weighted by molar-refractivity contribution is -0.137. The molecule has 0 aliphatic rings. The van der Waals surface area contributed by atoms with Crippen LogP contribution in [0, 0.1) is 6.92 Å². The van der Waals surface area contributed by atoms with Crippen LogP contribution in [0.2, 0.25) is 0 Å². The fourth-order valence-electron chi connectivity index (χ4n) is 1.60. The number of carboxylic acids is 1. The van der Waals surface area contributed by atoms with E-state index in [-0.39, 0.29) is 6.42 Å². The van der Waals surface area contributed by atoms with Crippen LogP contribution in [0.15, 0.2) is 18.2 Å². The van der Waals surface area contributed by atoms with Crippen molar-refractivity contribution in [2.24, 2.45) is 0 Å². The molecule has 1 aromatic rings. The number of carbonyl (C=O) groups is 1. The average Bonchev–Trinajstić information content (AvgIpc) is 2.26. The highest BCUT2D eigenvalue weighted by Crippen LogP contribution is 2.25. The first-order valence-electron chi connectivity index (χ1n) is 5.81.